The predicted octanol–water partition coefficient (Wildman–Crippen LogP) is 4.03. The molecule has 2 aromatic carbocycles. The molecule has 0 fully saturated rings. The van der Waals surface area contributed by atoms with Crippen LogP contribution in [0.25, 0.3) is 11.0 Å². The summed E-state index contributed by atoms with van der Waals surface area (Å²) < 4.78 is 62.5. The third kappa shape index (κ3) is 2.99. The van der Waals surface area contributed by atoms with Crippen LogP contribution in [0.1, 0.15) is 5.56 Å². The van der Waals surface area contributed by atoms with E-state index >= 15 is 0 Å². The van der Waals surface area contributed by atoms with Crippen molar-refractivity contribution in [1.82, 2.24) is 9.55 Å². The second kappa shape index (κ2) is 5.78. The molecule has 0 amide bonds. The van der Waals surface area contributed by atoms with Gasteiger partial charge in [-0.1, -0.05) is 23.7 Å². The molecular weight excluding hydrogens is 365 g/mol. The van der Waals surface area contributed by atoms with Crippen molar-refractivity contribution in [2.45, 2.75) is 16.9 Å². The lowest BCUT2D eigenvalue weighted by Gasteiger charge is -2.08. The van der Waals surface area contributed by atoms with E-state index in [4.69, 9.17) is 11.6 Å². The maximum atomic E-state index is 12.6. The Morgan fingerprint density at radius 1 is 1.08 bits per heavy atom. The molecule has 3 aromatic rings. The molecule has 3 rings (SSSR count). The van der Waals surface area contributed by atoms with Gasteiger partial charge in [0, 0.05) is 11.6 Å². The highest BCUT2D eigenvalue weighted by molar-refractivity contribution is 7.92. The van der Waals surface area contributed by atoms with Crippen LogP contribution in [0.3, 0.4) is 0 Å². The molecule has 1 heterocycles. The number of aromatic nitrogens is 2. The first-order valence-electron chi connectivity index (χ1n) is 6.69. The lowest BCUT2D eigenvalue weighted by Crippen LogP contribution is -2.23. The van der Waals surface area contributed by atoms with Crippen molar-refractivity contribution in [2.75, 3.05) is 0 Å². The zero-order chi connectivity index (χ0) is 17.5. The molecule has 0 radical (unpaired) electrons. The number of rotatable bonds is 3. The highest BCUT2D eigenvalue weighted by Gasteiger charge is 2.46. The Hall–Kier alpha value is -2.06. The molecule has 0 atom stereocenters. The van der Waals surface area contributed by atoms with Crippen LogP contribution < -0.4 is 0 Å². The van der Waals surface area contributed by atoms with Crippen molar-refractivity contribution in [3.8, 4) is 0 Å². The average molecular weight is 375 g/mol. The largest absolute Gasteiger partial charge is 0.501 e. The predicted molar refractivity (Wildman–Crippen MR) is 83.5 cm³/mol. The molecule has 126 valence electrons. The molecule has 0 unspecified atom stereocenters. The van der Waals surface area contributed by atoms with Gasteiger partial charge in [0.15, 0.2) is 0 Å². The molecule has 0 aliphatic carbocycles. The number of benzene rings is 2. The Morgan fingerprint density at radius 3 is 2.38 bits per heavy atom. The molecule has 0 N–H and O–H groups in total. The van der Waals surface area contributed by atoms with E-state index in [1.165, 1.54) is 12.4 Å². The fourth-order valence-corrected chi connectivity index (χ4v) is 3.16. The molecule has 0 saturated heterocycles. The Bertz CT molecular complexity index is 996. The van der Waals surface area contributed by atoms with Crippen LogP contribution in [-0.4, -0.2) is 23.5 Å². The molecule has 0 aliphatic rings. The van der Waals surface area contributed by atoms with Crippen LogP contribution in [0.4, 0.5) is 13.2 Å². The monoisotopic (exact) mass is 374 g/mol. The van der Waals surface area contributed by atoms with Crippen molar-refractivity contribution in [1.29, 1.82) is 0 Å². The van der Waals surface area contributed by atoms with E-state index in [0.717, 1.165) is 17.7 Å². The fraction of sp³-hybridized carbons (Fsp3) is 0.133. The third-order valence-corrected chi connectivity index (χ3v) is 5.21. The van der Waals surface area contributed by atoms with Gasteiger partial charge in [0.1, 0.15) is 0 Å². The quantitative estimate of drug-likeness (QED) is 0.695. The summed E-state index contributed by atoms with van der Waals surface area (Å²) in [5.74, 6) is 0. The molecule has 0 spiro atoms. The Balaban J connectivity index is 1.99. The summed E-state index contributed by atoms with van der Waals surface area (Å²) in [4.78, 5) is 3.17. The number of sulfone groups is 1. The van der Waals surface area contributed by atoms with Gasteiger partial charge in [-0.15, -0.1) is 0 Å². The smallest absolute Gasteiger partial charge is 0.326 e. The van der Waals surface area contributed by atoms with E-state index in [9.17, 15) is 21.6 Å². The third-order valence-electron chi connectivity index (χ3n) is 3.47. The van der Waals surface area contributed by atoms with Gasteiger partial charge in [-0.2, -0.15) is 13.2 Å². The van der Waals surface area contributed by atoms with E-state index < -0.39 is 20.2 Å². The van der Waals surface area contributed by atoms with E-state index in [-0.39, 0.29) is 5.52 Å². The van der Waals surface area contributed by atoms with Gasteiger partial charge in [0.2, 0.25) is 0 Å². The summed E-state index contributed by atoms with van der Waals surface area (Å²) in [5.41, 5.74) is -3.71. The zero-order valence-corrected chi connectivity index (χ0v) is 13.5. The average Bonchev–Trinajstić information content (AvgIpc) is 2.91. The van der Waals surface area contributed by atoms with Gasteiger partial charge in [-0.05, 0) is 35.9 Å². The first-order chi connectivity index (χ1) is 11.2. The number of nitrogens with zero attached hydrogens (tertiary/aromatic N) is 2. The number of alkyl halides is 3. The number of imidazole rings is 1. The van der Waals surface area contributed by atoms with Crippen molar-refractivity contribution in [3.05, 3.63) is 59.4 Å². The highest BCUT2D eigenvalue weighted by atomic mass is 35.5. The van der Waals surface area contributed by atoms with Crippen LogP contribution in [0.5, 0.6) is 0 Å². The minimum Gasteiger partial charge on any atom is -0.326 e. The summed E-state index contributed by atoms with van der Waals surface area (Å²) in [6, 6.07) is 10.3. The first-order valence-corrected chi connectivity index (χ1v) is 8.55. The van der Waals surface area contributed by atoms with E-state index in [1.54, 1.807) is 16.7 Å². The van der Waals surface area contributed by atoms with E-state index in [2.05, 4.69) is 4.98 Å². The van der Waals surface area contributed by atoms with Gasteiger partial charge >= 0.3 is 5.51 Å². The fourth-order valence-electron chi connectivity index (χ4n) is 2.26. The molecule has 0 saturated carbocycles. The van der Waals surface area contributed by atoms with Crippen molar-refractivity contribution in [2.24, 2.45) is 0 Å². The molecule has 24 heavy (non-hydrogen) atoms. The van der Waals surface area contributed by atoms with Gasteiger partial charge in [-0.25, -0.2) is 13.4 Å². The van der Waals surface area contributed by atoms with Gasteiger partial charge in [0.05, 0.1) is 22.3 Å². The van der Waals surface area contributed by atoms with Crippen LogP contribution in [0.2, 0.25) is 5.02 Å². The lowest BCUT2D eigenvalue weighted by molar-refractivity contribution is -0.0435. The minimum atomic E-state index is -5.39. The summed E-state index contributed by atoms with van der Waals surface area (Å²) in [7, 11) is -5.39. The van der Waals surface area contributed by atoms with Crippen molar-refractivity contribution >= 4 is 32.5 Å². The second-order valence-electron chi connectivity index (χ2n) is 5.10. The van der Waals surface area contributed by atoms with Crippen molar-refractivity contribution < 1.29 is 21.6 Å². The topological polar surface area (TPSA) is 52.0 Å². The molecule has 0 bridgehead atoms. The summed E-state index contributed by atoms with van der Waals surface area (Å²) in [5, 5.41) is 0.594. The molecular formula is C15H10ClF3N2O2S. The van der Waals surface area contributed by atoms with Gasteiger partial charge < -0.3 is 4.57 Å². The lowest BCUT2D eigenvalue weighted by atomic mass is 10.2. The van der Waals surface area contributed by atoms with E-state index in [1.807, 2.05) is 12.1 Å². The number of hydrogen-bond donors (Lipinski definition) is 0. The number of hydrogen-bond acceptors (Lipinski definition) is 3. The SMILES string of the molecule is O=S(=O)(c1ccc2c(c1)ncn2Cc1ccc(Cl)cc1)C(F)(F)F. The zero-order valence-electron chi connectivity index (χ0n) is 12.0. The maximum absolute atomic E-state index is 12.6. The van der Waals surface area contributed by atoms with Crippen molar-refractivity contribution in [3.63, 3.8) is 0 Å². The molecule has 0 aliphatic heterocycles. The first kappa shape index (κ1) is 16.8. The van der Waals surface area contributed by atoms with Gasteiger partial charge in [-0.3, -0.25) is 0 Å². The molecule has 1 aromatic heterocycles. The minimum absolute atomic E-state index is 0.175. The Kier molecular flexibility index (Phi) is 4.05. The number of halogens is 4. The Morgan fingerprint density at radius 2 is 1.75 bits per heavy atom. The van der Waals surface area contributed by atoms with Crippen LogP contribution in [0, 0.1) is 0 Å². The molecule has 4 nitrogen and oxygen atoms in total. The molecule has 9 heteroatoms. The summed E-state index contributed by atoms with van der Waals surface area (Å²) in [6.45, 7) is 0.430. The number of fused-ring (bicyclic) bond motifs is 1. The van der Waals surface area contributed by atoms with Crippen LogP contribution >= 0.6 is 11.6 Å². The second-order valence-corrected chi connectivity index (χ2v) is 7.48. The van der Waals surface area contributed by atoms with Gasteiger partial charge in [0.25, 0.3) is 9.84 Å². The van der Waals surface area contributed by atoms with Crippen LogP contribution in [0.15, 0.2) is 53.7 Å². The summed E-state index contributed by atoms with van der Waals surface area (Å²) in [6.07, 6.45) is 1.45. The normalized spacial score (nSPS) is 12.7. The maximum Gasteiger partial charge on any atom is 0.501 e. The standard InChI is InChI=1S/C15H10ClF3N2O2S/c16-11-3-1-10(2-4-11)8-21-9-20-13-7-12(5-6-14(13)21)24(22,23)15(17,18)19/h1-7,9H,8H2. The highest BCUT2D eigenvalue weighted by Crippen LogP contribution is 2.31. The summed E-state index contributed by atoms with van der Waals surface area (Å²) >= 11 is 5.82. The van der Waals surface area contributed by atoms with E-state index in [0.29, 0.717) is 17.1 Å². The Labute approximate surface area is 140 Å². The van der Waals surface area contributed by atoms with Crippen LogP contribution in [-0.2, 0) is 16.4 Å².